The molecule has 0 saturated carbocycles. The first-order chi connectivity index (χ1) is 11.5. The number of aryl methyl sites for hydroxylation is 1. The number of nitrogens with zero attached hydrogens (tertiary/aromatic N) is 2. The van der Waals surface area contributed by atoms with E-state index < -0.39 is 5.60 Å². The Morgan fingerprint density at radius 2 is 2.25 bits per heavy atom. The summed E-state index contributed by atoms with van der Waals surface area (Å²) in [6.07, 6.45) is 4.23. The van der Waals surface area contributed by atoms with Gasteiger partial charge in [0.15, 0.2) is 0 Å². The van der Waals surface area contributed by atoms with Gasteiger partial charge < -0.3 is 9.84 Å². The van der Waals surface area contributed by atoms with Crippen molar-refractivity contribution in [2.45, 2.75) is 38.3 Å². The van der Waals surface area contributed by atoms with E-state index >= 15 is 0 Å². The topological polar surface area (TPSA) is 45.6 Å². The molecule has 1 fully saturated rings. The maximum absolute atomic E-state index is 10.9. The molecular weight excluding hydrogens is 344 g/mol. The van der Waals surface area contributed by atoms with Crippen LogP contribution in [0.5, 0.6) is 5.75 Å². The Labute approximate surface area is 152 Å². The van der Waals surface area contributed by atoms with E-state index in [-0.39, 0.29) is 6.61 Å². The van der Waals surface area contributed by atoms with E-state index in [1.165, 1.54) is 0 Å². The van der Waals surface area contributed by atoms with Gasteiger partial charge in [-0.25, -0.2) is 4.98 Å². The number of hydrogen-bond acceptors (Lipinski definition) is 5. The zero-order chi connectivity index (χ0) is 17.0. The lowest BCUT2D eigenvalue weighted by Crippen LogP contribution is -2.37. The molecule has 2 heterocycles. The predicted molar refractivity (Wildman–Crippen MR) is 97.9 cm³/mol. The first-order valence-corrected chi connectivity index (χ1v) is 9.52. The Hall–Kier alpha value is -1.14. The molecule has 0 amide bonds. The minimum absolute atomic E-state index is 0.279. The standard InChI is InChI=1S/C18H23ClN2O2S/c1-14-3-4-15(19)16(11-14)23-13-18(22)5-2-8-21(9-6-18)12-17-20-7-10-24-17/h3-4,7,10-11,22H,2,5-6,8-9,12-13H2,1H3. The van der Waals surface area contributed by atoms with E-state index in [9.17, 15) is 5.11 Å². The molecule has 0 spiro atoms. The fourth-order valence-electron chi connectivity index (χ4n) is 2.99. The van der Waals surface area contributed by atoms with Gasteiger partial charge >= 0.3 is 0 Å². The summed E-state index contributed by atoms with van der Waals surface area (Å²) in [6, 6.07) is 5.70. The molecule has 130 valence electrons. The molecule has 1 N–H and O–H groups in total. The molecule has 2 aromatic rings. The quantitative estimate of drug-likeness (QED) is 0.871. The number of hydrogen-bond donors (Lipinski definition) is 1. The molecule has 1 atom stereocenters. The molecule has 6 heteroatoms. The van der Waals surface area contributed by atoms with Gasteiger partial charge in [0.1, 0.15) is 17.4 Å². The summed E-state index contributed by atoms with van der Waals surface area (Å²) in [5.74, 6) is 0.647. The molecule has 1 unspecified atom stereocenters. The van der Waals surface area contributed by atoms with Crippen molar-refractivity contribution in [3.8, 4) is 5.75 Å². The van der Waals surface area contributed by atoms with Crippen LogP contribution in [0, 0.1) is 6.92 Å². The molecule has 1 aromatic heterocycles. The Bertz CT molecular complexity index is 665. The molecule has 3 rings (SSSR count). The van der Waals surface area contributed by atoms with E-state index in [1.807, 2.05) is 36.7 Å². The van der Waals surface area contributed by atoms with E-state index in [4.69, 9.17) is 16.3 Å². The number of ether oxygens (including phenoxy) is 1. The third-order valence-corrected chi connectivity index (χ3v) is 5.51. The molecule has 1 aromatic carbocycles. The average Bonchev–Trinajstić information content (AvgIpc) is 2.99. The highest BCUT2D eigenvalue weighted by Crippen LogP contribution is 2.29. The van der Waals surface area contributed by atoms with Crippen LogP contribution in [0.1, 0.15) is 29.8 Å². The summed E-state index contributed by atoms with van der Waals surface area (Å²) in [6.45, 7) is 4.97. The van der Waals surface area contributed by atoms with Crippen molar-refractivity contribution in [1.82, 2.24) is 9.88 Å². The first kappa shape index (κ1) is 17.7. The minimum atomic E-state index is -0.801. The van der Waals surface area contributed by atoms with Gasteiger partial charge in [-0.15, -0.1) is 11.3 Å². The first-order valence-electron chi connectivity index (χ1n) is 8.26. The molecule has 1 aliphatic heterocycles. The summed E-state index contributed by atoms with van der Waals surface area (Å²) in [4.78, 5) is 6.70. The molecule has 4 nitrogen and oxygen atoms in total. The van der Waals surface area contributed by atoms with Crippen LogP contribution in [0.2, 0.25) is 5.02 Å². The van der Waals surface area contributed by atoms with Crippen LogP contribution in [0.25, 0.3) is 0 Å². The van der Waals surface area contributed by atoms with Crippen molar-refractivity contribution >= 4 is 22.9 Å². The van der Waals surface area contributed by atoms with Crippen LogP contribution in [0.3, 0.4) is 0 Å². The average molecular weight is 367 g/mol. The van der Waals surface area contributed by atoms with Crippen molar-refractivity contribution in [2.75, 3.05) is 19.7 Å². The number of thiazole rings is 1. The largest absolute Gasteiger partial charge is 0.489 e. The fourth-order valence-corrected chi connectivity index (χ4v) is 3.82. The molecule has 1 aliphatic rings. The Morgan fingerprint density at radius 1 is 1.38 bits per heavy atom. The van der Waals surface area contributed by atoms with Gasteiger partial charge in [0.05, 0.1) is 17.2 Å². The van der Waals surface area contributed by atoms with Crippen molar-refractivity contribution in [2.24, 2.45) is 0 Å². The lowest BCUT2D eigenvalue weighted by Gasteiger charge is -2.27. The summed E-state index contributed by atoms with van der Waals surface area (Å²) < 4.78 is 5.85. The number of benzene rings is 1. The van der Waals surface area contributed by atoms with Gasteiger partial charge in [-0.05, 0) is 50.4 Å². The van der Waals surface area contributed by atoms with Crippen LogP contribution in [0.4, 0.5) is 0 Å². The zero-order valence-electron chi connectivity index (χ0n) is 13.9. The Kier molecular flexibility index (Phi) is 5.76. The van der Waals surface area contributed by atoms with Crippen LogP contribution in [-0.2, 0) is 6.54 Å². The van der Waals surface area contributed by atoms with Gasteiger partial charge in [-0.1, -0.05) is 17.7 Å². The van der Waals surface area contributed by atoms with Gasteiger partial charge in [0, 0.05) is 18.1 Å². The molecule has 24 heavy (non-hydrogen) atoms. The van der Waals surface area contributed by atoms with Gasteiger partial charge in [-0.2, -0.15) is 0 Å². The Balaban J connectivity index is 1.56. The smallest absolute Gasteiger partial charge is 0.138 e. The van der Waals surface area contributed by atoms with E-state index in [0.29, 0.717) is 17.2 Å². The van der Waals surface area contributed by atoms with Gasteiger partial charge in [0.2, 0.25) is 0 Å². The van der Waals surface area contributed by atoms with Crippen molar-refractivity contribution in [1.29, 1.82) is 0 Å². The predicted octanol–water partition coefficient (Wildman–Crippen LogP) is 3.90. The summed E-state index contributed by atoms with van der Waals surface area (Å²) in [5.41, 5.74) is 0.293. The monoisotopic (exact) mass is 366 g/mol. The summed E-state index contributed by atoms with van der Waals surface area (Å²) in [5, 5.41) is 14.6. The summed E-state index contributed by atoms with van der Waals surface area (Å²) in [7, 11) is 0. The molecule has 1 saturated heterocycles. The van der Waals surface area contributed by atoms with Crippen molar-refractivity contribution < 1.29 is 9.84 Å². The number of rotatable bonds is 5. The van der Waals surface area contributed by atoms with Crippen LogP contribution >= 0.6 is 22.9 Å². The fraction of sp³-hybridized carbons (Fsp3) is 0.500. The van der Waals surface area contributed by atoms with Gasteiger partial charge in [-0.3, -0.25) is 4.90 Å². The van der Waals surface area contributed by atoms with E-state index in [2.05, 4.69) is 9.88 Å². The Morgan fingerprint density at radius 3 is 3.04 bits per heavy atom. The molecule has 0 bridgehead atoms. The third kappa shape index (κ3) is 4.70. The maximum atomic E-state index is 10.9. The van der Waals surface area contributed by atoms with E-state index in [0.717, 1.165) is 43.0 Å². The van der Waals surface area contributed by atoms with Crippen LogP contribution < -0.4 is 4.74 Å². The number of likely N-dealkylation sites (tertiary alicyclic amines) is 1. The highest BCUT2D eigenvalue weighted by atomic mass is 35.5. The lowest BCUT2D eigenvalue weighted by atomic mass is 9.96. The minimum Gasteiger partial charge on any atom is -0.489 e. The number of aromatic nitrogens is 1. The third-order valence-electron chi connectivity index (χ3n) is 4.44. The summed E-state index contributed by atoms with van der Waals surface area (Å²) >= 11 is 7.85. The molecule has 0 aliphatic carbocycles. The second-order valence-electron chi connectivity index (χ2n) is 6.50. The second-order valence-corrected chi connectivity index (χ2v) is 7.89. The van der Waals surface area contributed by atoms with E-state index in [1.54, 1.807) is 11.3 Å². The highest BCUT2D eigenvalue weighted by Gasteiger charge is 2.31. The zero-order valence-corrected chi connectivity index (χ0v) is 15.4. The second kappa shape index (κ2) is 7.83. The van der Waals surface area contributed by atoms with Crippen LogP contribution in [0.15, 0.2) is 29.8 Å². The van der Waals surface area contributed by atoms with Gasteiger partial charge in [0.25, 0.3) is 0 Å². The van der Waals surface area contributed by atoms with Crippen LogP contribution in [-0.4, -0.2) is 40.3 Å². The lowest BCUT2D eigenvalue weighted by molar-refractivity contribution is -0.0168. The molecular formula is C18H23ClN2O2S. The van der Waals surface area contributed by atoms with Crippen molar-refractivity contribution in [3.63, 3.8) is 0 Å². The number of halogens is 1. The van der Waals surface area contributed by atoms with Crippen molar-refractivity contribution in [3.05, 3.63) is 45.4 Å². The highest BCUT2D eigenvalue weighted by molar-refractivity contribution is 7.09. The SMILES string of the molecule is Cc1ccc(Cl)c(OCC2(O)CCCN(Cc3nccs3)CC2)c1. The number of aliphatic hydroxyl groups is 1. The maximum Gasteiger partial charge on any atom is 0.138 e. The normalized spacial score (nSPS) is 22.3. The molecule has 0 radical (unpaired) electrons.